The second-order valence-electron chi connectivity index (χ2n) is 13.1. The summed E-state index contributed by atoms with van der Waals surface area (Å²) in [7, 11) is 0. The Morgan fingerprint density at radius 3 is 1.57 bits per heavy atom. The molecule has 49 heavy (non-hydrogen) atoms. The maximum absolute atomic E-state index is 10.1. The summed E-state index contributed by atoms with van der Waals surface area (Å²) in [6.07, 6.45) is 0. The molecule has 0 spiro atoms. The van der Waals surface area contributed by atoms with Crippen LogP contribution < -0.4 is 0 Å². The van der Waals surface area contributed by atoms with Crippen molar-refractivity contribution in [1.82, 2.24) is 4.57 Å². The van der Waals surface area contributed by atoms with Gasteiger partial charge in [-0.1, -0.05) is 127 Å². The second-order valence-corrected chi connectivity index (χ2v) is 13.1. The highest BCUT2D eigenvalue weighted by Gasteiger charge is 2.22. The van der Waals surface area contributed by atoms with Crippen LogP contribution in [-0.4, -0.2) is 4.57 Å². The van der Waals surface area contributed by atoms with E-state index in [0.29, 0.717) is 5.56 Å². The molecular weight excluding hydrogens is 593 g/mol. The number of rotatable bonds is 3. The molecule has 11 rings (SSSR count). The van der Waals surface area contributed by atoms with Crippen LogP contribution in [0.4, 0.5) is 0 Å². The molecular formula is C47H26N2. The third kappa shape index (κ3) is 3.49. The average molecular weight is 619 g/mol. The lowest BCUT2D eigenvalue weighted by molar-refractivity contribution is 1.18. The van der Waals surface area contributed by atoms with Crippen molar-refractivity contribution in [3.8, 4) is 34.0 Å². The molecule has 10 aromatic carbocycles. The lowest BCUT2D eigenvalue weighted by atomic mass is 9.85. The first-order valence-corrected chi connectivity index (χ1v) is 16.8. The van der Waals surface area contributed by atoms with E-state index >= 15 is 0 Å². The first-order valence-electron chi connectivity index (χ1n) is 16.8. The fourth-order valence-corrected chi connectivity index (χ4v) is 8.68. The van der Waals surface area contributed by atoms with Crippen LogP contribution in [0.5, 0.6) is 0 Å². The van der Waals surface area contributed by atoms with Crippen LogP contribution in [0.2, 0.25) is 0 Å². The van der Waals surface area contributed by atoms with Crippen LogP contribution in [0.3, 0.4) is 0 Å². The molecule has 0 aliphatic carbocycles. The van der Waals surface area contributed by atoms with Crippen molar-refractivity contribution in [1.29, 1.82) is 5.26 Å². The first-order chi connectivity index (χ1) is 24.3. The molecule has 1 heterocycles. The van der Waals surface area contributed by atoms with E-state index in [1.807, 2.05) is 6.07 Å². The van der Waals surface area contributed by atoms with Gasteiger partial charge in [0, 0.05) is 21.8 Å². The molecule has 0 saturated carbocycles. The highest BCUT2D eigenvalue weighted by Crippen LogP contribution is 2.47. The van der Waals surface area contributed by atoms with Gasteiger partial charge >= 0.3 is 0 Å². The lowest BCUT2D eigenvalue weighted by Gasteiger charge is -2.18. The topological polar surface area (TPSA) is 28.7 Å². The van der Waals surface area contributed by atoms with Gasteiger partial charge in [-0.2, -0.15) is 5.26 Å². The third-order valence-electron chi connectivity index (χ3n) is 10.8. The Labute approximate surface area is 282 Å². The van der Waals surface area contributed by atoms with Crippen molar-refractivity contribution < 1.29 is 0 Å². The van der Waals surface area contributed by atoms with Crippen molar-refractivity contribution in [3.63, 3.8) is 0 Å². The van der Waals surface area contributed by atoms with Crippen molar-refractivity contribution >= 4 is 75.7 Å². The Morgan fingerprint density at radius 1 is 0.347 bits per heavy atom. The summed E-state index contributed by atoms with van der Waals surface area (Å²) < 4.78 is 2.34. The zero-order valence-electron chi connectivity index (χ0n) is 26.4. The van der Waals surface area contributed by atoms with Gasteiger partial charge in [-0.3, -0.25) is 0 Å². The highest BCUT2D eigenvalue weighted by molar-refractivity contribution is 6.31. The van der Waals surface area contributed by atoms with Crippen molar-refractivity contribution in [2.75, 3.05) is 0 Å². The second kappa shape index (κ2) is 9.67. The van der Waals surface area contributed by atoms with E-state index in [-0.39, 0.29) is 0 Å². The van der Waals surface area contributed by atoms with Gasteiger partial charge in [0.05, 0.1) is 22.7 Å². The minimum absolute atomic E-state index is 0.705. The molecule has 1 aromatic heterocycles. The van der Waals surface area contributed by atoms with Gasteiger partial charge in [-0.05, 0) is 101 Å². The number of nitriles is 1. The van der Waals surface area contributed by atoms with E-state index in [2.05, 4.69) is 162 Å². The summed E-state index contributed by atoms with van der Waals surface area (Å²) in [6, 6.07) is 59.6. The zero-order valence-corrected chi connectivity index (χ0v) is 26.4. The molecule has 2 heteroatoms. The number of fused-ring (bicyclic) bond motifs is 1. The quantitative estimate of drug-likeness (QED) is 0.181. The zero-order chi connectivity index (χ0) is 32.2. The predicted molar refractivity (Wildman–Crippen MR) is 206 cm³/mol. The van der Waals surface area contributed by atoms with E-state index in [1.165, 1.54) is 76.1 Å². The highest BCUT2D eigenvalue weighted by atomic mass is 15.0. The Kier molecular flexibility index (Phi) is 5.21. The first kappa shape index (κ1) is 26.4. The molecule has 0 unspecified atom stereocenters. The minimum Gasteiger partial charge on any atom is -0.309 e. The Balaban J connectivity index is 1.22. The molecule has 0 amide bonds. The number of para-hydroxylation sites is 1. The Morgan fingerprint density at radius 2 is 0.857 bits per heavy atom. The van der Waals surface area contributed by atoms with Crippen LogP contribution in [-0.2, 0) is 0 Å². The number of hydrogen-bond donors (Lipinski definition) is 0. The largest absolute Gasteiger partial charge is 0.309 e. The van der Waals surface area contributed by atoms with Gasteiger partial charge in [0.2, 0.25) is 0 Å². The summed E-state index contributed by atoms with van der Waals surface area (Å²) in [5, 5.41) is 24.8. The predicted octanol–water partition coefficient (Wildman–Crippen LogP) is 12.6. The van der Waals surface area contributed by atoms with Crippen molar-refractivity contribution in [3.05, 3.63) is 163 Å². The number of hydrogen-bond acceptors (Lipinski definition) is 1. The SMILES string of the molecule is N#Cc1ccc2c3c1ccc1c(-c4ccc5ccc6c(-c7cccc8ccccc78)ccc7ccc4c5c76)ccc(c13)n2-c1ccccc1. The number of aromatic nitrogens is 1. The standard InChI is InChI=1S/C47H26N2/c48-27-31-17-25-42-46-34(31)22-23-41-38(24-26-43(47(41)46)49(42)32-9-2-1-3-10-32)37-19-14-30-15-20-39-36(18-13-29-16-21-40(37)45(30)44(29)39)35-12-6-8-28-7-4-5-11-33(28)35/h1-26H. The van der Waals surface area contributed by atoms with Crippen LogP contribution in [0, 0.1) is 11.3 Å². The van der Waals surface area contributed by atoms with Gasteiger partial charge in [0.25, 0.3) is 0 Å². The molecule has 0 saturated heterocycles. The lowest BCUT2D eigenvalue weighted by Crippen LogP contribution is -1.93. The molecule has 2 nitrogen and oxygen atoms in total. The van der Waals surface area contributed by atoms with Crippen molar-refractivity contribution in [2.45, 2.75) is 0 Å². The Bertz CT molecular complexity index is 3150. The maximum atomic E-state index is 10.1. The molecule has 0 aliphatic heterocycles. The fourth-order valence-electron chi connectivity index (χ4n) is 8.68. The average Bonchev–Trinajstić information content (AvgIpc) is 3.51. The van der Waals surface area contributed by atoms with Crippen LogP contribution in [0.25, 0.3) is 104 Å². The van der Waals surface area contributed by atoms with E-state index in [0.717, 1.165) is 27.5 Å². The third-order valence-corrected chi connectivity index (χ3v) is 10.8. The van der Waals surface area contributed by atoms with E-state index in [1.54, 1.807) is 0 Å². The van der Waals surface area contributed by atoms with Gasteiger partial charge in [-0.15, -0.1) is 0 Å². The fraction of sp³-hybridized carbons (Fsp3) is 0. The summed E-state index contributed by atoms with van der Waals surface area (Å²) >= 11 is 0. The van der Waals surface area contributed by atoms with Gasteiger partial charge in [-0.25, -0.2) is 0 Å². The molecule has 0 fully saturated rings. The molecule has 11 aromatic rings. The van der Waals surface area contributed by atoms with E-state index in [9.17, 15) is 5.26 Å². The smallest absolute Gasteiger partial charge is 0.0998 e. The number of benzene rings is 10. The van der Waals surface area contributed by atoms with E-state index in [4.69, 9.17) is 0 Å². The van der Waals surface area contributed by atoms with Gasteiger partial charge < -0.3 is 4.57 Å². The van der Waals surface area contributed by atoms with Crippen molar-refractivity contribution in [2.24, 2.45) is 0 Å². The summed E-state index contributed by atoms with van der Waals surface area (Å²) in [5.74, 6) is 0. The summed E-state index contributed by atoms with van der Waals surface area (Å²) in [4.78, 5) is 0. The van der Waals surface area contributed by atoms with Crippen LogP contribution in [0.1, 0.15) is 5.56 Å². The normalized spacial score (nSPS) is 12.1. The monoisotopic (exact) mass is 618 g/mol. The summed E-state index contributed by atoms with van der Waals surface area (Å²) in [5.41, 5.74) is 9.04. The molecule has 0 bridgehead atoms. The minimum atomic E-state index is 0.705. The van der Waals surface area contributed by atoms with Crippen LogP contribution >= 0.6 is 0 Å². The number of nitrogens with zero attached hydrogens (tertiary/aromatic N) is 2. The molecule has 0 aliphatic rings. The van der Waals surface area contributed by atoms with E-state index < -0.39 is 0 Å². The summed E-state index contributed by atoms with van der Waals surface area (Å²) in [6.45, 7) is 0. The molecule has 0 atom stereocenters. The molecule has 224 valence electrons. The van der Waals surface area contributed by atoms with Gasteiger partial charge in [0.15, 0.2) is 0 Å². The molecule has 0 radical (unpaired) electrons. The Hall–Kier alpha value is -6.69. The van der Waals surface area contributed by atoms with Gasteiger partial charge in [0.1, 0.15) is 0 Å². The molecule has 0 N–H and O–H groups in total. The maximum Gasteiger partial charge on any atom is 0.0998 e. The van der Waals surface area contributed by atoms with Crippen LogP contribution in [0.15, 0.2) is 158 Å².